The average molecular weight is 113 g/mol. The van der Waals surface area contributed by atoms with Crippen molar-refractivity contribution in [3.63, 3.8) is 0 Å². The topological polar surface area (TPSA) is 55.2 Å². The molecular formula is C4H5N2O2. The smallest absolute Gasteiger partial charge is 0.257 e. The Kier molecular flexibility index (Phi) is 1.26. The van der Waals surface area contributed by atoms with Gasteiger partial charge in [0.1, 0.15) is 0 Å². The quantitative estimate of drug-likeness (QED) is 0.382. The van der Waals surface area contributed by atoms with E-state index in [-0.39, 0.29) is 5.70 Å². The number of rotatable bonds is 1. The lowest BCUT2D eigenvalue weighted by Crippen LogP contribution is -2.08. The Balaban J connectivity index is 2.57. The molecule has 0 atom stereocenters. The lowest BCUT2D eigenvalue weighted by Gasteiger charge is -1.85. The van der Waals surface area contributed by atoms with Crippen molar-refractivity contribution < 1.29 is 4.92 Å². The number of nitrogens with zero attached hydrogens (tertiary/aromatic N) is 1. The van der Waals surface area contributed by atoms with Crippen molar-refractivity contribution in [3.8, 4) is 0 Å². The summed E-state index contributed by atoms with van der Waals surface area (Å²) in [5.74, 6) is 0. The van der Waals surface area contributed by atoms with E-state index in [1.54, 1.807) is 6.54 Å². The highest BCUT2D eigenvalue weighted by Gasteiger charge is 2.13. The van der Waals surface area contributed by atoms with E-state index in [2.05, 4.69) is 5.32 Å². The molecule has 0 aromatic carbocycles. The zero-order chi connectivity index (χ0) is 5.98. The molecule has 0 fully saturated rings. The number of hydrogen-bond acceptors (Lipinski definition) is 3. The second kappa shape index (κ2) is 1.92. The van der Waals surface area contributed by atoms with Crippen molar-refractivity contribution in [2.75, 3.05) is 6.54 Å². The van der Waals surface area contributed by atoms with E-state index >= 15 is 0 Å². The van der Waals surface area contributed by atoms with Gasteiger partial charge in [-0.2, -0.15) is 0 Å². The van der Waals surface area contributed by atoms with Crippen molar-refractivity contribution in [3.05, 3.63) is 28.4 Å². The summed E-state index contributed by atoms with van der Waals surface area (Å²) in [5.41, 5.74) is 0.227. The van der Waals surface area contributed by atoms with E-state index in [0.717, 1.165) is 0 Å². The van der Waals surface area contributed by atoms with Crippen LogP contribution in [0.1, 0.15) is 0 Å². The molecule has 1 heterocycles. The fraction of sp³-hybridized carbons (Fsp3) is 0.250. The maximum atomic E-state index is 9.88. The van der Waals surface area contributed by atoms with Gasteiger partial charge in [-0.05, 0) is 0 Å². The van der Waals surface area contributed by atoms with Crippen molar-refractivity contribution in [1.29, 1.82) is 0 Å². The minimum absolute atomic E-state index is 0.227. The zero-order valence-electron chi connectivity index (χ0n) is 4.13. The lowest BCUT2D eigenvalue weighted by atomic mass is 10.5. The maximum Gasteiger partial charge on any atom is 0.257 e. The summed E-state index contributed by atoms with van der Waals surface area (Å²) in [6, 6.07) is 0. The predicted octanol–water partition coefficient (Wildman–Crippen LogP) is -0.0880. The maximum absolute atomic E-state index is 9.88. The van der Waals surface area contributed by atoms with Gasteiger partial charge in [0.2, 0.25) is 0 Å². The van der Waals surface area contributed by atoms with Crippen molar-refractivity contribution in [2.24, 2.45) is 0 Å². The zero-order valence-corrected chi connectivity index (χ0v) is 4.13. The van der Waals surface area contributed by atoms with Gasteiger partial charge >= 0.3 is 0 Å². The van der Waals surface area contributed by atoms with E-state index < -0.39 is 4.92 Å². The molecule has 1 aliphatic rings. The van der Waals surface area contributed by atoms with Crippen LogP contribution in [0.15, 0.2) is 11.8 Å². The van der Waals surface area contributed by atoms with Crippen LogP contribution in [0.25, 0.3) is 0 Å². The summed E-state index contributed by atoms with van der Waals surface area (Å²) >= 11 is 0. The molecule has 43 valence electrons. The number of hydrogen-bond donors (Lipinski definition) is 1. The first-order valence-corrected chi connectivity index (χ1v) is 2.21. The Morgan fingerprint density at radius 2 is 2.62 bits per heavy atom. The Labute approximate surface area is 46.3 Å². The monoisotopic (exact) mass is 113 g/mol. The van der Waals surface area contributed by atoms with Crippen LogP contribution in [0.3, 0.4) is 0 Å². The molecule has 8 heavy (non-hydrogen) atoms. The first kappa shape index (κ1) is 5.24. The molecule has 4 heteroatoms. The Bertz CT molecular complexity index is 141. The summed E-state index contributed by atoms with van der Waals surface area (Å²) in [6.07, 6.45) is 1.46. The molecule has 0 unspecified atom stereocenters. The molecule has 0 aliphatic carbocycles. The van der Waals surface area contributed by atoms with Gasteiger partial charge < -0.3 is 0 Å². The first-order valence-electron chi connectivity index (χ1n) is 2.21. The molecule has 1 radical (unpaired) electrons. The van der Waals surface area contributed by atoms with Crippen LogP contribution in [-0.4, -0.2) is 11.5 Å². The highest BCUT2D eigenvalue weighted by atomic mass is 16.6. The van der Waals surface area contributed by atoms with Crippen LogP contribution in [0.4, 0.5) is 0 Å². The molecule has 0 saturated carbocycles. The third-order valence-electron chi connectivity index (χ3n) is 0.911. The predicted molar refractivity (Wildman–Crippen MR) is 27.4 cm³/mol. The van der Waals surface area contributed by atoms with E-state index in [1.807, 2.05) is 0 Å². The molecular weight excluding hydrogens is 108 g/mol. The Hall–Kier alpha value is -0.900. The first-order chi connectivity index (χ1) is 3.80. The Morgan fingerprint density at radius 3 is 2.88 bits per heavy atom. The highest BCUT2D eigenvalue weighted by molar-refractivity contribution is 5.08. The summed E-state index contributed by atoms with van der Waals surface area (Å²) in [4.78, 5) is 9.49. The molecule has 0 saturated heterocycles. The fourth-order valence-corrected chi connectivity index (χ4v) is 0.503. The molecule has 1 aliphatic heterocycles. The second-order valence-corrected chi connectivity index (χ2v) is 1.46. The van der Waals surface area contributed by atoms with Crippen LogP contribution >= 0.6 is 0 Å². The SMILES string of the molecule is O=[N+]([O-])C1=C[CH]NC1. The minimum Gasteiger partial charge on any atom is -0.299 e. The van der Waals surface area contributed by atoms with Crippen LogP contribution in [-0.2, 0) is 0 Å². The summed E-state index contributed by atoms with van der Waals surface area (Å²) in [6.45, 7) is 1.92. The number of nitro groups is 1. The summed E-state index contributed by atoms with van der Waals surface area (Å²) in [5, 5.41) is 12.6. The second-order valence-electron chi connectivity index (χ2n) is 1.46. The summed E-state index contributed by atoms with van der Waals surface area (Å²) < 4.78 is 0. The van der Waals surface area contributed by atoms with E-state index in [4.69, 9.17) is 0 Å². The minimum atomic E-state index is -0.392. The van der Waals surface area contributed by atoms with Crippen LogP contribution in [0.2, 0.25) is 0 Å². The van der Waals surface area contributed by atoms with Gasteiger partial charge in [0.25, 0.3) is 5.70 Å². The molecule has 0 amide bonds. The van der Waals surface area contributed by atoms with E-state index in [9.17, 15) is 10.1 Å². The molecule has 0 spiro atoms. The van der Waals surface area contributed by atoms with Crippen molar-refractivity contribution in [1.82, 2.24) is 5.32 Å². The van der Waals surface area contributed by atoms with Gasteiger partial charge in [-0.1, -0.05) is 0 Å². The molecule has 0 aromatic heterocycles. The third-order valence-corrected chi connectivity index (χ3v) is 0.911. The summed E-state index contributed by atoms with van der Waals surface area (Å²) in [7, 11) is 0. The Morgan fingerprint density at radius 1 is 1.88 bits per heavy atom. The highest BCUT2D eigenvalue weighted by Crippen LogP contribution is 1.99. The van der Waals surface area contributed by atoms with Gasteiger partial charge in [0.15, 0.2) is 0 Å². The van der Waals surface area contributed by atoms with Gasteiger partial charge in [-0.3, -0.25) is 15.4 Å². The normalized spacial score (nSPS) is 18.2. The third kappa shape index (κ3) is 0.840. The van der Waals surface area contributed by atoms with Gasteiger partial charge in [0.05, 0.1) is 18.0 Å². The van der Waals surface area contributed by atoms with E-state index in [0.29, 0.717) is 6.54 Å². The molecule has 1 rings (SSSR count). The van der Waals surface area contributed by atoms with Crippen LogP contribution < -0.4 is 5.32 Å². The number of nitrogens with one attached hydrogen (secondary N) is 1. The van der Waals surface area contributed by atoms with E-state index in [1.165, 1.54) is 6.08 Å². The largest absolute Gasteiger partial charge is 0.299 e. The van der Waals surface area contributed by atoms with Gasteiger partial charge in [-0.25, -0.2) is 0 Å². The van der Waals surface area contributed by atoms with Crippen LogP contribution in [0.5, 0.6) is 0 Å². The molecule has 0 aromatic rings. The standard InChI is InChI=1S/C4H5N2O2/c7-6(8)4-1-2-5-3-4/h1-2,5H,3H2. The van der Waals surface area contributed by atoms with Crippen molar-refractivity contribution in [2.45, 2.75) is 0 Å². The van der Waals surface area contributed by atoms with Crippen LogP contribution in [0, 0.1) is 16.7 Å². The van der Waals surface area contributed by atoms with Crippen molar-refractivity contribution >= 4 is 0 Å². The van der Waals surface area contributed by atoms with Gasteiger partial charge in [0, 0.05) is 6.08 Å². The fourth-order valence-electron chi connectivity index (χ4n) is 0.503. The molecule has 4 nitrogen and oxygen atoms in total. The molecule has 1 N–H and O–H groups in total. The lowest BCUT2D eigenvalue weighted by molar-refractivity contribution is -0.424. The average Bonchev–Trinajstić information content (AvgIpc) is 2.12. The van der Waals surface area contributed by atoms with Gasteiger partial charge in [-0.15, -0.1) is 0 Å². The molecule has 0 bridgehead atoms.